The zero-order valence-electron chi connectivity index (χ0n) is 12.6. The Morgan fingerprint density at radius 1 is 1.10 bits per heavy atom. The third-order valence-electron chi connectivity index (χ3n) is 3.28. The second-order valence-electron chi connectivity index (χ2n) is 5.12. The topological polar surface area (TPSA) is 47.3 Å². The molecule has 2 aromatic carbocycles. The van der Waals surface area contributed by atoms with Gasteiger partial charge in [0.25, 0.3) is 0 Å². The van der Waals surface area contributed by atoms with Crippen LogP contribution < -0.4 is 15.8 Å². The zero-order valence-corrected chi connectivity index (χ0v) is 12.6. The van der Waals surface area contributed by atoms with Crippen LogP contribution in [0, 0.1) is 0 Å². The summed E-state index contributed by atoms with van der Waals surface area (Å²) in [6, 6.07) is 16.4. The Balaban J connectivity index is 1.77. The minimum atomic E-state index is 0.713. The lowest BCUT2D eigenvalue weighted by Crippen LogP contribution is -2.03. The number of aryl methyl sites for hydroxylation is 1. The summed E-state index contributed by atoms with van der Waals surface area (Å²) in [5, 5.41) is 3.41. The van der Waals surface area contributed by atoms with E-state index in [1.165, 1.54) is 11.3 Å². The average molecular weight is 284 g/mol. The van der Waals surface area contributed by atoms with Gasteiger partial charge in [0.1, 0.15) is 5.75 Å². The number of nitrogens with one attached hydrogen (secondary N) is 1. The van der Waals surface area contributed by atoms with E-state index in [0.29, 0.717) is 6.61 Å². The smallest absolute Gasteiger partial charge is 0.142 e. The first kappa shape index (κ1) is 15.2. The molecular formula is C18H24N2O. The largest absolute Gasteiger partial charge is 0.491 e. The molecule has 112 valence electrons. The normalized spacial score (nSPS) is 10.3. The van der Waals surface area contributed by atoms with E-state index in [4.69, 9.17) is 10.5 Å². The van der Waals surface area contributed by atoms with Crippen molar-refractivity contribution in [3.8, 4) is 5.75 Å². The summed E-state index contributed by atoms with van der Waals surface area (Å²) in [5.74, 6) is 0.794. The van der Waals surface area contributed by atoms with Gasteiger partial charge in [-0.3, -0.25) is 0 Å². The van der Waals surface area contributed by atoms with Gasteiger partial charge in [0.15, 0.2) is 0 Å². The molecule has 0 amide bonds. The van der Waals surface area contributed by atoms with Crippen LogP contribution in [0.3, 0.4) is 0 Å². The molecule has 0 fully saturated rings. The van der Waals surface area contributed by atoms with Crippen LogP contribution in [-0.4, -0.2) is 13.2 Å². The maximum absolute atomic E-state index is 6.02. The first-order valence-electron chi connectivity index (χ1n) is 7.59. The van der Waals surface area contributed by atoms with E-state index in [9.17, 15) is 0 Å². The van der Waals surface area contributed by atoms with Gasteiger partial charge in [0, 0.05) is 12.2 Å². The van der Waals surface area contributed by atoms with Crippen molar-refractivity contribution in [1.82, 2.24) is 0 Å². The van der Waals surface area contributed by atoms with Crippen LogP contribution in [0.5, 0.6) is 5.75 Å². The van der Waals surface area contributed by atoms with Crippen LogP contribution in [0.4, 0.5) is 11.4 Å². The molecule has 0 unspecified atom stereocenters. The van der Waals surface area contributed by atoms with Gasteiger partial charge >= 0.3 is 0 Å². The van der Waals surface area contributed by atoms with Crippen molar-refractivity contribution in [3.63, 3.8) is 0 Å². The highest BCUT2D eigenvalue weighted by Gasteiger charge is 2.02. The third kappa shape index (κ3) is 5.03. The maximum Gasteiger partial charge on any atom is 0.142 e. The van der Waals surface area contributed by atoms with Gasteiger partial charge in [-0.2, -0.15) is 0 Å². The fourth-order valence-corrected chi connectivity index (χ4v) is 2.18. The zero-order chi connectivity index (χ0) is 14.9. The lowest BCUT2D eigenvalue weighted by atomic mass is 10.1. The van der Waals surface area contributed by atoms with E-state index in [2.05, 4.69) is 30.4 Å². The molecule has 3 N–H and O–H groups in total. The van der Waals surface area contributed by atoms with Crippen molar-refractivity contribution in [3.05, 3.63) is 54.1 Å². The van der Waals surface area contributed by atoms with Crippen molar-refractivity contribution in [2.75, 3.05) is 24.2 Å². The lowest BCUT2D eigenvalue weighted by molar-refractivity contribution is 0.319. The van der Waals surface area contributed by atoms with Gasteiger partial charge in [-0.1, -0.05) is 31.2 Å². The summed E-state index contributed by atoms with van der Waals surface area (Å²) in [7, 11) is 0. The van der Waals surface area contributed by atoms with E-state index in [1.54, 1.807) is 0 Å². The molecule has 0 aliphatic carbocycles. The Morgan fingerprint density at radius 2 is 1.90 bits per heavy atom. The van der Waals surface area contributed by atoms with Crippen LogP contribution in [0.2, 0.25) is 0 Å². The monoisotopic (exact) mass is 284 g/mol. The molecule has 0 heterocycles. The Kier molecular flexibility index (Phi) is 5.95. The number of hydrogen-bond acceptors (Lipinski definition) is 3. The van der Waals surface area contributed by atoms with E-state index in [0.717, 1.165) is 37.2 Å². The van der Waals surface area contributed by atoms with Crippen LogP contribution >= 0.6 is 0 Å². The van der Waals surface area contributed by atoms with Gasteiger partial charge < -0.3 is 15.8 Å². The summed E-state index contributed by atoms with van der Waals surface area (Å²) in [6.07, 6.45) is 3.08. The highest BCUT2D eigenvalue weighted by molar-refractivity contribution is 5.54. The highest BCUT2D eigenvalue weighted by atomic mass is 16.5. The van der Waals surface area contributed by atoms with Crippen molar-refractivity contribution < 1.29 is 4.74 Å². The summed E-state index contributed by atoms with van der Waals surface area (Å²) in [4.78, 5) is 0. The molecule has 3 nitrogen and oxygen atoms in total. The number of ether oxygens (including phenoxy) is 1. The van der Waals surface area contributed by atoms with Crippen LogP contribution in [-0.2, 0) is 6.42 Å². The van der Waals surface area contributed by atoms with Crippen molar-refractivity contribution in [1.29, 1.82) is 0 Å². The quantitative estimate of drug-likeness (QED) is 0.566. The first-order chi connectivity index (χ1) is 10.3. The molecule has 0 saturated heterocycles. The summed E-state index contributed by atoms with van der Waals surface area (Å²) < 4.78 is 5.59. The van der Waals surface area contributed by atoms with Crippen molar-refractivity contribution in [2.24, 2.45) is 0 Å². The SMILES string of the molecule is CCCOc1ccc(CCCNc2ccccc2)cc1N. The molecule has 0 aromatic heterocycles. The Hall–Kier alpha value is -2.16. The Labute approximate surface area is 127 Å². The average Bonchev–Trinajstić information content (AvgIpc) is 2.52. The van der Waals surface area contributed by atoms with E-state index < -0.39 is 0 Å². The van der Waals surface area contributed by atoms with Gasteiger partial charge in [-0.05, 0) is 49.1 Å². The molecule has 0 spiro atoms. The number of rotatable bonds is 8. The minimum absolute atomic E-state index is 0.713. The van der Waals surface area contributed by atoms with Gasteiger partial charge in [-0.15, -0.1) is 0 Å². The van der Waals surface area contributed by atoms with E-state index in [-0.39, 0.29) is 0 Å². The fourth-order valence-electron chi connectivity index (χ4n) is 2.18. The molecule has 0 saturated carbocycles. The molecule has 0 aliphatic heterocycles. The maximum atomic E-state index is 6.02. The predicted molar refractivity (Wildman–Crippen MR) is 89.9 cm³/mol. The summed E-state index contributed by atoms with van der Waals surface area (Å²) >= 11 is 0. The molecule has 0 radical (unpaired) electrons. The van der Waals surface area contributed by atoms with Crippen LogP contribution in [0.1, 0.15) is 25.3 Å². The number of anilines is 2. The molecule has 3 heteroatoms. The number of nitrogen functional groups attached to an aromatic ring is 1. The Bertz CT molecular complexity index is 540. The summed E-state index contributed by atoms with van der Waals surface area (Å²) in [6.45, 7) is 3.76. The molecule has 2 aromatic rings. The fraction of sp³-hybridized carbons (Fsp3) is 0.333. The van der Waals surface area contributed by atoms with Crippen molar-refractivity contribution >= 4 is 11.4 Å². The van der Waals surface area contributed by atoms with Crippen LogP contribution in [0.15, 0.2) is 48.5 Å². The predicted octanol–water partition coefficient (Wildman–Crippen LogP) is 4.10. The van der Waals surface area contributed by atoms with E-state index in [1.807, 2.05) is 30.3 Å². The van der Waals surface area contributed by atoms with Gasteiger partial charge in [-0.25, -0.2) is 0 Å². The molecule has 0 bridgehead atoms. The summed E-state index contributed by atoms with van der Waals surface area (Å²) in [5.41, 5.74) is 9.17. The van der Waals surface area contributed by atoms with Gasteiger partial charge in [0.05, 0.1) is 12.3 Å². The highest BCUT2D eigenvalue weighted by Crippen LogP contribution is 2.23. The first-order valence-corrected chi connectivity index (χ1v) is 7.59. The van der Waals surface area contributed by atoms with Crippen molar-refractivity contribution in [2.45, 2.75) is 26.2 Å². The Morgan fingerprint density at radius 3 is 2.62 bits per heavy atom. The second kappa shape index (κ2) is 8.20. The standard InChI is InChI=1S/C18H24N2O/c1-2-13-21-18-11-10-15(14-17(18)19)7-6-12-20-16-8-4-3-5-9-16/h3-5,8-11,14,20H,2,6-7,12-13,19H2,1H3. The molecule has 2 rings (SSSR count). The second-order valence-corrected chi connectivity index (χ2v) is 5.12. The molecule has 21 heavy (non-hydrogen) atoms. The molecule has 0 aliphatic rings. The number of para-hydroxylation sites is 1. The number of nitrogens with two attached hydrogens (primary N) is 1. The molecule has 0 atom stereocenters. The third-order valence-corrected chi connectivity index (χ3v) is 3.28. The number of benzene rings is 2. The van der Waals surface area contributed by atoms with E-state index >= 15 is 0 Å². The van der Waals surface area contributed by atoms with Crippen LogP contribution in [0.25, 0.3) is 0 Å². The molecular weight excluding hydrogens is 260 g/mol. The minimum Gasteiger partial charge on any atom is -0.491 e. The number of hydrogen-bond donors (Lipinski definition) is 2. The van der Waals surface area contributed by atoms with Gasteiger partial charge in [0.2, 0.25) is 0 Å². The lowest BCUT2D eigenvalue weighted by Gasteiger charge is -2.10.